The van der Waals surface area contributed by atoms with E-state index < -0.39 is 0 Å². The van der Waals surface area contributed by atoms with Gasteiger partial charge in [-0.2, -0.15) is 0 Å². The van der Waals surface area contributed by atoms with Crippen molar-refractivity contribution in [3.8, 4) is 0 Å². The third-order valence-electron chi connectivity index (χ3n) is 3.40. The average Bonchev–Trinajstić information content (AvgIpc) is 2.94. The molecule has 20 heavy (non-hydrogen) atoms. The molecule has 108 valence electrons. The van der Waals surface area contributed by atoms with Gasteiger partial charge in [0.05, 0.1) is 6.26 Å². The Labute approximate surface area is 129 Å². The minimum Gasteiger partial charge on any atom is -0.469 e. The molecule has 0 aliphatic carbocycles. The third kappa shape index (κ3) is 4.80. The maximum atomic E-state index is 5.50. The topological polar surface area (TPSA) is 25.2 Å². The summed E-state index contributed by atoms with van der Waals surface area (Å²) in [6.45, 7) is 4.29. The Morgan fingerprint density at radius 2 is 2.00 bits per heavy atom. The van der Waals surface area contributed by atoms with E-state index in [0.29, 0.717) is 5.92 Å². The summed E-state index contributed by atoms with van der Waals surface area (Å²) in [6.07, 6.45) is 4.96. The lowest BCUT2D eigenvalue weighted by molar-refractivity contribution is 0.415. The van der Waals surface area contributed by atoms with Crippen LogP contribution in [0.5, 0.6) is 0 Å². The highest BCUT2D eigenvalue weighted by molar-refractivity contribution is 9.10. The fraction of sp³-hybridized carbons (Fsp3) is 0.412. The highest BCUT2D eigenvalue weighted by atomic mass is 79.9. The molecule has 0 spiro atoms. The minimum atomic E-state index is 0.548. The summed E-state index contributed by atoms with van der Waals surface area (Å²) in [5.74, 6) is 1.62. The first-order valence-corrected chi connectivity index (χ1v) is 8.05. The van der Waals surface area contributed by atoms with Crippen LogP contribution in [0.1, 0.15) is 24.7 Å². The Kier molecular flexibility index (Phi) is 6.34. The van der Waals surface area contributed by atoms with Crippen molar-refractivity contribution < 1.29 is 4.42 Å². The normalized spacial score (nSPS) is 12.5. The standard InChI is InChI=1S/C17H22BrNO/c1-2-9-19-13-14(12-16-7-5-10-20-16)11-15-6-3-4-8-17(15)18/h3-8,10,14,19H,2,9,11-13H2,1H3. The monoisotopic (exact) mass is 335 g/mol. The lowest BCUT2D eigenvalue weighted by Gasteiger charge is -2.17. The van der Waals surface area contributed by atoms with Crippen LogP contribution in [0, 0.1) is 5.92 Å². The van der Waals surface area contributed by atoms with Crippen LogP contribution in [0.2, 0.25) is 0 Å². The quantitative estimate of drug-likeness (QED) is 0.721. The molecule has 1 unspecified atom stereocenters. The molecule has 1 heterocycles. The Morgan fingerprint density at radius 1 is 1.15 bits per heavy atom. The zero-order valence-corrected chi connectivity index (χ0v) is 13.5. The van der Waals surface area contributed by atoms with Crippen LogP contribution in [0.15, 0.2) is 51.6 Å². The number of nitrogens with one attached hydrogen (secondary N) is 1. The van der Waals surface area contributed by atoms with Gasteiger partial charge >= 0.3 is 0 Å². The van der Waals surface area contributed by atoms with Crippen molar-refractivity contribution in [1.29, 1.82) is 0 Å². The van der Waals surface area contributed by atoms with E-state index in [1.807, 2.05) is 6.07 Å². The molecule has 0 fully saturated rings. The van der Waals surface area contributed by atoms with Crippen LogP contribution in [-0.4, -0.2) is 13.1 Å². The fourth-order valence-electron chi connectivity index (χ4n) is 2.39. The lowest BCUT2D eigenvalue weighted by Crippen LogP contribution is -2.26. The highest BCUT2D eigenvalue weighted by Crippen LogP contribution is 2.21. The van der Waals surface area contributed by atoms with Gasteiger partial charge in [-0.15, -0.1) is 0 Å². The summed E-state index contributed by atoms with van der Waals surface area (Å²) in [6, 6.07) is 12.5. The predicted octanol–water partition coefficient (Wildman–Crippen LogP) is 4.44. The highest BCUT2D eigenvalue weighted by Gasteiger charge is 2.13. The van der Waals surface area contributed by atoms with Gasteiger partial charge in [0.2, 0.25) is 0 Å². The maximum absolute atomic E-state index is 5.50. The molecule has 1 atom stereocenters. The molecule has 0 saturated carbocycles. The first kappa shape index (κ1) is 15.3. The molecule has 0 saturated heterocycles. The molecule has 2 aromatic rings. The van der Waals surface area contributed by atoms with Gasteiger partial charge in [-0.05, 0) is 55.6 Å². The van der Waals surface area contributed by atoms with Crippen molar-refractivity contribution in [2.75, 3.05) is 13.1 Å². The lowest BCUT2D eigenvalue weighted by atomic mass is 9.95. The molecule has 0 aliphatic heterocycles. The zero-order valence-electron chi connectivity index (χ0n) is 11.9. The third-order valence-corrected chi connectivity index (χ3v) is 4.17. The largest absolute Gasteiger partial charge is 0.469 e. The van der Waals surface area contributed by atoms with E-state index >= 15 is 0 Å². The number of hydrogen-bond donors (Lipinski definition) is 1. The van der Waals surface area contributed by atoms with Crippen LogP contribution >= 0.6 is 15.9 Å². The number of rotatable bonds is 8. The molecule has 0 radical (unpaired) electrons. The number of halogens is 1. The summed E-state index contributed by atoms with van der Waals surface area (Å²) in [5.41, 5.74) is 1.36. The Hall–Kier alpha value is -1.06. The second-order valence-corrected chi connectivity index (χ2v) is 6.00. The van der Waals surface area contributed by atoms with Crippen LogP contribution < -0.4 is 5.32 Å². The van der Waals surface area contributed by atoms with Gasteiger partial charge in [0.1, 0.15) is 5.76 Å². The fourth-order valence-corrected chi connectivity index (χ4v) is 2.83. The van der Waals surface area contributed by atoms with E-state index in [4.69, 9.17) is 4.42 Å². The maximum Gasteiger partial charge on any atom is 0.104 e. The molecule has 0 bridgehead atoms. The van der Waals surface area contributed by atoms with Crippen molar-refractivity contribution >= 4 is 15.9 Å². The summed E-state index contributed by atoms with van der Waals surface area (Å²) in [5, 5.41) is 3.53. The van der Waals surface area contributed by atoms with Crippen molar-refractivity contribution in [3.63, 3.8) is 0 Å². The number of benzene rings is 1. The van der Waals surface area contributed by atoms with E-state index in [0.717, 1.165) is 31.7 Å². The Balaban J connectivity index is 1.99. The van der Waals surface area contributed by atoms with Gasteiger partial charge in [0.15, 0.2) is 0 Å². The van der Waals surface area contributed by atoms with Crippen LogP contribution in [0.25, 0.3) is 0 Å². The van der Waals surface area contributed by atoms with Crippen molar-refractivity contribution in [2.24, 2.45) is 5.92 Å². The predicted molar refractivity (Wildman–Crippen MR) is 86.9 cm³/mol. The van der Waals surface area contributed by atoms with Crippen molar-refractivity contribution in [2.45, 2.75) is 26.2 Å². The second-order valence-electron chi connectivity index (χ2n) is 5.15. The Bertz CT molecular complexity index is 495. The second kappa shape index (κ2) is 8.28. The molecule has 0 amide bonds. The number of hydrogen-bond acceptors (Lipinski definition) is 2. The van der Waals surface area contributed by atoms with Gasteiger partial charge in [-0.25, -0.2) is 0 Å². The zero-order chi connectivity index (χ0) is 14.2. The smallest absolute Gasteiger partial charge is 0.104 e. The van der Waals surface area contributed by atoms with Crippen LogP contribution in [0.4, 0.5) is 0 Å². The van der Waals surface area contributed by atoms with E-state index in [1.54, 1.807) is 6.26 Å². The van der Waals surface area contributed by atoms with Gasteiger partial charge in [-0.3, -0.25) is 0 Å². The van der Waals surface area contributed by atoms with E-state index in [-0.39, 0.29) is 0 Å². The molecule has 3 heteroatoms. The number of furan rings is 1. The van der Waals surface area contributed by atoms with Gasteiger partial charge in [0, 0.05) is 10.9 Å². The van der Waals surface area contributed by atoms with E-state index in [1.165, 1.54) is 16.5 Å². The van der Waals surface area contributed by atoms with Crippen LogP contribution in [-0.2, 0) is 12.8 Å². The SMILES string of the molecule is CCCNCC(Cc1ccco1)Cc1ccccc1Br. The van der Waals surface area contributed by atoms with Crippen molar-refractivity contribution in [1.82, 2.24) is 5.32 Å². The molecule has 1 aromatic heterocycles. The molecular weight excluding hydrogens is 314 g/mol. The molecule has 2 rings (SSSR count). The summed E-state index contributed by atoms with van der Waals surface area (Å²) in [4.78, 5) is 0. The first-order chi connectivity index (χ1) is 9.79. The van der Waals surface area contributed by atoms with Gasteiger partial charge < -0.3 is 9.73 Å². The van der Waals surface area contributed by atoms with E-state index in [2.05, 4.69) is 58.5 Å². The summed E-state index contributed by atoms with van der Waals surface area (Å²) < 4.78 is 6.69. The van der Waals surface area contributed by atoms with Gasteiger partial charge in [-0.1, -0.05) is 41.1 Å². The van der Waals surface area contributed by atoms with E-state index in [9.17, 15) is 0 Å². The summed E-state index contributed by atoms with van der Waals surface area (Å²) in [7, 11) is 0. The molecular formula is C17H22BrNO. The molecule has 1 N–H and O–H groups in total. The molecule has 2 nitrogen and oxygen atoms in total. The minimum absolute atomic E-state index is 0.548. The van der Waals surface area contributed by atoms with Crippen LogP contribution in [0.3, 0.4) is 0 Å². The first-order valence-electron chi connectivity index (χ1n) is 7.26. The van der Waals surface area contributed by atoms with Gasteiger partial charge in [0.25, 0.3) is 0 Å². The van der Waals surface area contributed by atoms with Crippen molar-refractivity contribution in [3.05, 3.63) is 58.5 Å². The molecule has 0 aliphatic rings. The Morgan fingerprint density at radius 3 is 2.70 bits per heavy atom. The molecule has 1 aromatic carbocycles. The summed E-state index contributed by atoms with van der Waals surface area (Å²) >= 11 is 3.64. The average molecular weight is 336 g/mol.